The first-order chi connectivity index (χ1) is 12.2. The second-order valence-electron chi connectivity index (χ2n) is 7.67. The maximum Gasteiger partial charge on any atom is 0.410 e. The molecule has 0 N–H and O–H groups in total. The van der Waals surface area contributed by atoms with Crippen molar-refractivity contribution in [1.29, 1.82) is 0 Å². The van der Waals surface area contributed by atoms with Crippen molar-refractivity contribution >= 4 is 12.0 Å². The minimum Gasteiger partial charge on any atom is -0.485 e. The second kappa shape index (κ2) is 7.05. The van der Waals surface area contributed by atoms with Gasteiger partial charge in [-0.1, -0.05) is 12.1 Å². The van der Waals surface area contributed by atoms with E-state index in [0.717, 1.165) is 0 Å². The second-order valence-corrected chi connectivity index (χ2v) is 7.67. The van der Waals surface area contributed by atoms with Crippen molar-refractivity contribution in [2.24, 2.45) is 0 Å². The van der Waals surface area contributed by atoms with Crippen LogP contribution in [0.5, 0.6) is 11.5 Å². The third kappa shape index (κ3) is 4.03. The van der Waals surface area contributed by atoms with Crippen molar-refractivity contribution in [1.82, 2.24) is 9.80 Å². The molecule has 7 nitrogen and oxygen atoms in total. The van der Waals surface area contributed by atoms with Gasteiger partial charge in [-0.3, -0.25) is 4.79 Å². The first-order valence-electron chi connectivity index (χ1n) is 8.91. The minimum absolute atomic E-state index is 0.115. The van der Waals surface area contributed by atoms with E-state index in [9.17, 15) is 9.59 Å². The Morgan fingerprint density at radius 1 is 1.15 bits per heavy atom. The molecule has 1 fully saturated rings. The maximum atomic E-state index is 12.9. The van der Waals surface area contributed by atoms with E-state index in [-0.39, 0.29) is 24.6 Å². The Morgan fingerprint density at radius 2 is 1.85 bits per heavy atom. The fourth-order valence-electron chi connectivity index (χ4n) is 3.10. The maximum absolute atomic E-state index is 12.9. The highest BCUT2D eigenvalue weighted by molar-refractivity contribution is 5.82. The van der Waals surface area contributed by atoms with E-state index in [0.29, 0.717) is 31.1 Å². The van der Waals surface area contributed by atoms with Crippen LogP contribution < -0.4 is 9.47 Å². The molecule has 2 atom stereocenters. The summed E-state index contributed by atoms with van der Waals surface area (Å²) in [6.45, 7) is 8.95. The molecule has 7 heteroatoms. The zero-order chi connectivity index (χ0) is 18.9. The van der Waals surface area contributed by atoms with Crippen LogP contribution in [0, 0.1) is 0 Å². The van der Waals surface area contributed by atoms with E-state index < -0.39 is 11.7 Å². The molecule has 1 aromatic rings. The van der Waals surface area contributed by atoms with E-state index in [4.69, 9.17) is 14.2 Å². The first-order valence-corrected chi connectivity index (χ1v) is 8.91. The molecule has 26 heavy (non-hydrogen) atoms. The Morgan fingerprint density at radius 3 is 2.50 bits per heavy atom. The van der Waals surface area contributed by atoms with Gasteiger partial charge in [0.05, 0.1) is 0 Å². The van der Waals surface area contributed by atoms with Crippen LogP contribution in [0.3, 0.4) is 0 Å². The fourth-order valence-corrected chi connectivity index (χ4v) is 3.10. The van der Waals surface area contributed by atoms with Crippen LogP contribution in [0.25, 0.3) is 0 Å². The summed E-state index contributed by atoms with van der Waals surface area (Å²) in [5.41, 5.74) is -0.534. The molecule has 2 aliphatic rings. The summed E-state index contributed by atoms with van der Waals surface area (Å²) in [6, 6.07) is 7.20. The molecule has 0 unspecified atom stereocenters. The van der Waals surface area contributed by atoms with Crippen LogP contribution in [-0.4, -0.2) is 65.8 Å². The van der Waals surface area contributed by atoms with Crippen LogP contribution >= 0.6 is 0 Å². The normalized spacial score (nSPS) is 22.8. The number of amides is 2. The number of fused-ring (bicyclic) bond motifs is 1. The first kappa shape index (κ1) is 18.4. The highest BCUT2D eigenvalue weighted by Gasteiger charge is 2.37. The predicted octanol–water partition coefficient (Wildman–Crippen LogP) is 2.29. The molecule has 1 aromatic carbocycles. The quantitative estimate of drug-likeness (QED) is 0.767. The number of hydrogen-bond acceptors (Lipinski definition) is 5. The Labute approximate surface area is 153 Å². The largest absolute Gasteiger partial charge is 0.485 e. The number of nitrogens with zero attached hydrogens (tertiary/aromatic N) is 2. The molecule has 142 valence electrons. The minimum atomic E-state index is -0.666. The lowest BCUT2D eigenvalue weighted by Crippen LogP contribution is -2.59. The number of rotatable bonds is 1. The number of para-hydroxylation sites is 2. The Kier molecular flexibility index (Phi) is 4.98. The summed E-state index contributed by atoms with van der Waals surface area (Å²) in [5.74, 6) is 1.12. The van der Waals surface area contributed by atoms with E-state index in [1.165, 1.54) is 0 Å². The molecular weight excluding hydrogens is 336 g/mol. The Balaban J connectivity index is 1.60. The molecule has 1 saturated heterocycles. The molecule has 0 aromatic heterocycles. The third-order valence-electron chi connectivity index (χ3n) is 4.35. The van der Waals surface area contributed by atoms with Crippen molar-refractivity contribution in [2.75, 3.05) is 26.2 Å². The Hall–Kier alpha value is -2.44. The number of ether oxygens (including phenoxy) is 3. The van der Waals surface area contributed by atoms with E-state index in [2.05, 4.69) is 0 Å². The highest BCUT2D eigenvalue weighted by atomic mass is 16.6. The predicted molar refractivity (Wildman–Crippen MR) is 95.3 cm³/mol. The van der Waals surface area contributed by atoms with Crippen LogP contribution in [0.2, 0.25) is 0 Å². The average Bonchev–Trinajstić information content (AvgIpc) is 2.59. The smallest absolute Gasteiger partial charge is 0.410 e. The molecule has 2 amide bonds. The molecule has 2 heterocycles. The zero-order valence-corrected chi connectivity index (χ0v) is 15.7. The van der Waals surface area contributed by atoms with Gasteiger partial charge in [0.2, 0.25) is 6.10 Å². The van der Waals surface area contributed by atoms with Crippen LogP contribution in [0.1, 0.15) is 27.7 Å². The molecule has 3 rings (SSSR count). The standard InChI is InChI=1S/C19H26N2O5/c1-13-11-20(18(23)26-19(2,3)4)9-10-21(13)17(22)16-12-24-14-7-5-6-8-15(14)25-16/h5-8,13,16H,9-12H2,1-4H3/t13-,16+/m1/s1. The van der Waals surface area contributed by atoms with Crippen molar-refractivity contribution in [3.05, 3.63) is 24.3 Å². The number of carbonyl (C=O) groups is 2. The molecular formula is C19H26N2O5. The van der Waals surface area contributed by atoms with Crippen molar-refractivity contribution in [2.45, 2.75) is 45.4 Å². The third-order valence-corrected chi connectivity index (χ3v) is 4.35. The van der Waals surface area contributed by atoms with Gasteiger partial charge in [-0.15, -0.1) is 0 Å². The van der Waals surface area contributed by atoms with Gasteiger partial charge in [0.25, 0.3) is 5.91 Å². The lowest BCUT2D eigenvalue weighted by atomic mass is 10.1. The summed E-state index contributed by atoms with van der Waals surface area (Å²) < 4.78 is 16.9. The van der Waals surface area contributed by atoms with Gasteiger partial charge in [0.15, 0.2) is 11.5 Å². The molecule has 0 saturated carbocycles. The lowest BCUT2D eigenvalue weighted by molar-refractivity contribution is -0.145. The average molecular weight is 362 g/mol. The lowest BCUT2D eigenvalue weighted by Gasteiger charge is -2.41. The monoisotopic (exact) mass is 362 g/mol. The topological polar surface area (TPSA) is 68.3 Å². The summed E-state index contributed by atoms with van der Waals surface area (Å²) in [5, 5.41) is 0. The molecule has 0 spiro atoms. The highest BCUT2D eigenvalue weighted by Crippen LogP contribution is 2.31. The van der Waals surface area contributed by atoms with Crippen LogP contribution in [-0.2, 0) is 9.53 Å². The molecule has 0 radical (unpaired) electrons. The molecule has 0 aliphatic carbocycles. The van der Waals surface area contributed by atoms with Gasteiger partial charge < -0.3 is 24.0 Å². The van der Waals surface area contributed by atoms with Crippen molar-refractivity contribution in [3.8, 4) is 11.5 Å². The number of carbonyl (C=O) groups excluding carboxylic acids is 2. The van der Waals surface area contributed by atoms with Gasteiger partial charge in [0.1, 0.15) is 12.2 Å². The summed E-state index contributed by atoms with van der Waals surface area (Å²) in [6.07, 6.45) is -1.01. The van der Waals surface area contributed by atoms with E-state index in [1.54, 1.807) is 15.9 Å². The number of piperazine rings is 1. The van der Waals surface area contributed by atoms with Gasteiger partial charge in [0, 0.05) is 25.7 Å². The fraction of sp³-hybridized carbons (Fsp3) is 0.579. The summed E-state index contributed by atoms with van der Waals surface area (Å²) in [7, 11) is 0. The van der Waals surface area contributed by atoms with Crippen LogP contribution in [0.15, 0.2) is 24.3 Å². The van der Waals surface area contributed by atoms with E-state index in [1.807, 2.05) is 45.9 Å². The van der Waals surface area contributed by atoms with Gasteiger partial charge in [-0.05, 0) is 39.8 Å². The zero-order valence-electron chi connectivity index (χ0n) is 15.7. The molecule has 0 bridgehead atoms. The molecule has 2 aliphatic heterocycles. The van der Waals surface area contributed by atoms with E-state index >= 15 is 0 Å². The number of hydrogen-bond donors (Lipinski definition) is 0. The number of benzene rings is 1. The van der Waals surface area contributed by atoms with Crippen molar-refractivity contribution in [3.63, 3.8) is 0 Å². The van der Waals surface area contributed by atoms with Gasteiger partial charge >= 0.3 is 6.09 Å². The van der Waals surface area contributed by atoms with Crippen LogP contribution in [0.4, 0.5) is 4.79 Å². The summed E-state index contributed by atoms with van der Waals surface area (Å²) in [4.78, 5) is 28.5. The Bertz CT molecular complexity index is 685. The SMILES string of the molecule is C[C@@H]1CN(C(=O)OC(C)(C)C)CCN1C(=O)[C@@H]1COc2ccccc2O1. The van der Waals surface area contributed by atoms with Gasteiger partial charge in [-0.2, -0.15) is 0 Å². The van der Waals surface area contributed by atoms with Gasteiger partial charge in [-0.25, -0.2) is 4.79 Å². The van der Waals surface area contributed by atoms with Crippen molar-refractivity contribution < 1.29 is 23.8 Å². The summed E-state index contributed by atoms with van der Waals surface area (Å²) >= 11 is 0.